The van der Waals surface area contributed by atoms with E-state index in [9.17, 15) is 0 Å². The van der Waals surface area contributed by atoms with Crippen LogP contribution < -0.4 is 0 Å². The van der Waals surface area contributed by atoms with E-state index in [1.54, 1.807) is 22.7 Å². The normalized spacial score (nSPS) is 29.5. The van der Waals surface area contributed by atoms with Crippen molar-refractivity contribution in [3.05, 3.63) is 50.9 Å². The summed E-state index contributed by atoms with van der Waals surface area (Å²) in [6.07, 6.45) is 8.17. The van der Waals surface area contributed by atoms with Gasteiger partial charge in [-0.25, -0.2) is 0 Å². The van der Waals surface area contributed by atoms with Crippen molar-refractivity contribution in [1.29, 1.82) is 0 Å². The predicted molar refractivity (Wildman–Crippen MR) is 97.4 cm³/mol. The quantitative estimate of drug-likeness (QED) is 0.674. The molecule has 0 aromatic carbocycles. The maximum absolute atomic E-state index is 2.59. The molecule has 0 amide bonds. The maximum Gasteiger partial charge on any atom is 0.0896 e. The molecule has 2 aliphatic rings. The second-order valence-electron chi connectivity index (χ2n) is 7.35. The Morgan fingerprint density at radius 2 is 1.55 bits per heavy atom. The van der Waals surface area contributed by atoms with Crippen LogP contribution in [-0.2, 0) is 0 Å². The van der Waals surface area contributed by atoms with Crippen LogP contribution in [0.25, 0.3) is 5.57 Å². The van der Waals surface area contributed by atoms with Crippen LogP contribution in [0.4, 0.5) is 0 Å². The lowest BCUT2D eigenvalue weighted by atomic mass is 9.86. The van der Waals surface area contributed by atoms with Gasteiger partial charge in [-0.15, -0.1) is 0 Å². The number of thiophene rings is 2. The lowest BCUT2D eigenvalue weighted by Gasteiger charge is -2.43. The first-order chi connectivity index (χ1) is 10.6. The highest BCUT2D eigenvalue weighted by atomic mass is 32.1. The summed E-state index contributed by atoms with van der Waals surface area (Å²) in [6.45, 7) is 0. The fraction of sp³-hybridized carbons (Fsp3) is 0.474. The molecule has 2 saturated heterocycles. The van der Waals surface area contributed by atoms with E-state index in [4.69, 9.17) is 0 Å². The van der Waals surface area contributed by atoms with E-state index in [2.05, 4.69) is 53.8 Å². The van der Waals surface area contributed by atoms with Gasteiger partial charge in [-0.2, -0.15) is 22.7 Å². The van der Waals surface area contributed by atoms with Gasteiger partial charge in [0.05, 0.1) is 26.2 Å². The average Bonchev–Trinajstić information content (AvgIpc) is 3.19. The minimum Gasteiger partial charge on any atom is -0.324 e. The van der Waals surface area contributed by atoms with Gasteiger partial charge in [0.15, 0.2) is 0 Å². The summed E-state index contributed by atoms with van der Waals surface area (Å²) in [5.41, 5.74) is 4.25. The lowest BCUT2D eigenvalue weighted by Crippen LogP contribution is -2.54. The van der Waals surface area contributed by atoms with E-state index >= 15 is 0 Å². The number of rotatable bonds is 3. The molecular weight excluding hydrogens is 306 g/mol. The molecule has 22 heavy (non-hydrogen) atoms. The Balaban J connectivity index is 1.65. The van der Waals surface area contributed by atoms with Crippen LogP contribution in [0.3, 0.4) is 0 Å². The Labute approximate surface area is 141 Å². The third-order valence-electron chi connectivity index (χ3n) is 5.93. The van der Waals surface area contributed by atoms with E-state index < -0.39 is 0 Å². The first-order valence-corrected chi connectivity index (χ1v) is 10.1. The van der Waals surface area contributed by atoms with Gasteiger partial charge in [0.2, 0.25) is 0 Å². The first kappa shape index (κ1) is 14.7. The molecule has 2 bridgehead atoms. The fourth-order valence-corrected chi connectivity index (χ4v) is 5.80. The minimum atomic E-state index is 0.749. The second kappa shape index (κ2) is 5.63. The highest BCUT2D eigenvalue weighted by Crippen LogP contribution is 2.43. The van der Waals surface area contributed by atoms with E-state index in [0.717, 1.165) is 18.0 Å². The summed E-state index contributed by atoms with van der Waals surface area (Å²) in [5.74, 6) is 0.749. The summed E-state index contributed by atoms with van der Waals surface area (Å²) in [5, 5.41) is 8.97. The zero-order valence-electron chi connectivity index (χ0n) is 13.4. The van der Waals surface area contributed by atoms with Crippen molar-refractivity contribution in [3.63, 3.8) is 0 Å². The number of piperidine rings is 1. The van der Waals surface area contributed by atoms with Crippen molar-refractivity contribution in [3.8, 4) is 0 Å². The predicted octanol–water partition coefficient (Wildman–Crippen LogP) is 5.26. The Kier molecular flexibility index (Phi) is 3.75. The molecule has 1 unspecified atom stereocenters. The van der Waals surface area contributed by atoms with Crippen molar-refractivity contribution in [2.75, 3.05) is 14.1 Å². The first-order valence-electron chi connectivity index (χ1n) is 8.25. The van der Waals surface area contributed by atoms with Crippen molar-refractivity contribution in [2.45, 2.75) is 37.8 Å². The molecule has 4 heterocycles. The van der Waals surface area contributed by atoms with Crippen LogP contribution in [0.5, 0.6) is 0 Å². The zero-order valence-corrected chi connectivity index (χ0v) is 15.0. The topological polar surface area (TPSA) is 0 Å². The Morgan fingerprint density at radius 3 is 2.00 bits per heavy atom. The van der Waals surface area contributed by atoms with Gasteiger partial charge >= 0.3 is 0 Å². The van der Waals surface area contributed by atoms with Crippen molar-refractivity contribution in [2.24, 2.45) is 5.92 Å². The molecule has 0 N–H and O–H groups in total. The lowest BCUT2D eigenvalue weighted by molar-refractivity contribution is -0.931. The van der Waals surface area contributed by atoms with Crippen LogP contribution in [-0.4, -0.2) is 30.7 Å². The molecule has 4 rings (SSSR count). The number of nitrogens with zero attached hydrogens (tertiary/aromatic N) is 1. The van der Waals surface area contributed by atoms with Crippen LogP contribution in [0.1, 0.15) is 36.8 Å². The second-order valence-corrected chi connectivity index (χ2v) is 8.91. The van der Waals surface area contributed by atoms with Crippen molar-refractivity contribution in [1.82, 2.24) is 0 Å². The third-order valence-corrected chi connectivity index (χ3v) is 7.30. The summed E-state index contributed by atoms with van der Waals surface area (Å²) >= 11 is 3.60. The molecule has 2 fully saturated rings. The summed E-state index contributed by atoms with van der Waals surface area (Å²) in [7, 11) is 4.89. The van der Waals surface area contributed by atoms with Gasteiger partial charge in [0, 0.05) is 25.7 Å². The van der Waals surface area contributed by atoms with Crippen molar-refractivity contribution < 1.29 is 4.48 Å². The molecule has 0 aliphatic carbocycles. The largest absolute Gasteiger partial charge is 0.324 e. The van der Waals surface area contributed by atoms with E-state index in [1.165, 1.54) is 46.9 Å². The summed E-state index contributed by atoms with van der Waals surface area (Å²) < 4.78 is 1.26. The fourth-order valence-electron chi connectivity index (χ4n) is 4.49. The van der Waals surface area contributed by atoms with E-state index in [0.29, 0.717) is 0 Å². The molecule has 0 radical (unpaired) electrons. The van der Waals surface area contributed by atoms with Crippen LogP contribution in [0, 0.1) is 5.92 Å². The smallest absolute Gasteiger partial charge is 0.0896 e. The molecule has 1 nitrogen and oxygen atoms in total. The van der Waals surface area contributed by atoms with Crippen LogP contribution in [0.2, 0.25) is 0 Å². The molecule has 2 aromatic rings. The maximum atomic E-state index is 2.59. The number of hydrogen-bond acceptors (Lipinski definition) is 2. The Morgan fingerprint density at radius 1 is 1.00 bits per heavy atom. The highest BCUT2D eigenvalue weighted by Gasteiger charge is 2.48. The van der Waals surface area contributed by atoms with Gasteiger partial charge < -0.3 is 4.48 Å². The van der Waals surface area contributed by atoms with Gasteiger partial charge in [-0.05, 0) is 56.3 Å². The molecule has 116 valence electrons. The SMILES string of the molecule is C[N+]1(C)[C@@H]2CC[C@H]1CC(C=C(c1ccsc1)c1ccsc1)C2. The summed E-state index contributed by atoms with van der Waals surface area (Å²) in [6, 6.07) is 6.27. The standard InChI is InChI=1S/C19H24NS2/c1-20(2)17-3-4-18(20)10-14(9-17)11-19(15-5-7-21-12-15)16-6-8-22-13-16/h5-8,11-14,17-18H,3-4,9-10H2,1-2H3/q+1/t14?,17-,18+. The highest BCUT2D eigenvalue weighted by molar-refractivity contribution is 7.08. The molecule has 3 heteroatoms. The molecule has 2 aromatic heterocycles. The molecular formula is C19H24NS2+. The molecule has 0 saturated carbocycles. The number of quaternary nitrogens is 1. The van der Waals surface area contributed by atoms with Gasteiger partial charge in [-0.3, -0.25) is 0 Å². The minimum absolute atomic E-state index is 0.749. The molecule has 2 aliphatic heterocycles. The van der Waals surface area contributed by atoms with Crippen LogP contribution >= 0.6 is 22.7 Å². The van der Waals surface area contributed by atoms with E-state index in [-0.39, 0.29) is 0 Å². The Bertz CT molecular complexity index is 599. The van der Waals surface area contributed by atoms with Gasteiger partial charge in [0.25, 0.3) is 0 Å². The molecule has 3 atom stereocenters. The van der Waals surface area contributed by atoms with Gasteiger partial charge in [0.1, 0.15) is 0 Å². The molecule has 0 spiro atoms. The van der Waals surface area contributed by atoms with Crippen molar-refractivity contribution >= 4 is 28.2 Å². The Hall–Kier alpha value is -0.900. The number of fused-ring (bicyclic) bond motifs is 2. The third kappa shape index (κ3) is 2.49. The number of allylic oxidation sites excluding steroid dienone is 1. The van der Waals surface area contributed by atoms with Gasteiger partial charge in [-0.1, -0.05) is 6.08 Å². The monoisotopic (exact) mass is 330 g/mol. The number of hydrogen-bond donors (Lipinski definition) is 0. The summed E-state index contributed by atoms with van der Waals surface area (Å²) in [4.78, 5) is 0. The van der Waals surface area contributed by atoms with Crippen LogP contribution in [0.15, 0.2) is 39.7 Å². The van der Waals surface area contributed by atoms with E-state index in [1.807, 2.05) is 0 Å². The average molecular weight is 331 g/mol. The zero-order chi connectivity index (χ0) is 15.2.